The van der Waals surface area contributed by atoms with Crippen LogP contribution in [-0.4, -0.2) is 25.3 Å². The van der Waals surface area contributed by atoms with Gasteiger partial charge in [0.2, 0.25) is 0 Å². The Morgan fingerprint density at radius 1 is 0.581 bits per heavy atom. The number of nitrogens with two attached hydrogens (primary N) is 1. The van der Waals surface area contributed by atoms with Gasteiger partial charge in [0.25, 0.3) is 27.2 Å². The molecule has 0 heterocycles. The highest BCUT2D eigenvalue weighted by Crippen LogP contribution is 2.45. The molecule has 0 amide bonds. The molecule has 0 aromatic heterocycles. The minimum Gasteiger partial charge on any atom is -0.398 e. The van der Waals surface area contributed by atoms with Gasteiger partial charge in [-0.1, -0.05) is 38.1 Å². The molecule has 0 atom stereocenters. The molecule has 0 unspecified atom stereocenters. The van der Waals surface area contributed by atoms with Crippen molar-refractivity contribution in [1.29, 1.82) is 0 Å². The molecule has 166 valence electrons. The number of anilines is 1. The van der Waals surface area contributed by atoms with Crippen molar-refractivity contribution in [3.05, 3.63) is 36.4 Å². The molecule has 0 radical (unpaired) electrons. The fourth-order valence-corrected chi connectivity index (χ4v) is 6.84. The van der Waals surface area contributed by atoms with Gasteiger partial charge in [-0.2, -0.15) is 0 Å². The zero-order chi connectivity index (χ0) is 23.5. The zero-order valence-corrected chi connectivity index (χ0v) is 20.6. The Balaban J connectivity index is 0.00000132. The van der Waals surface area contributed by atoms with Gasteiger partial charge in [0, 0.05) is 70.1 Å². The highest BCUT2D eigenvalue weighted by atomic mass is 35.7. The quantitative estimate of drug-likeness (QED) is 0.220. The largest absolute Gasteiger partial charge is 0.398 e. The molecule has 0 aliphatic rings. The molecule has 7 nitrogen and oxygen atoms in total. The van der Waals surface area contributed by atoms with E-state index in [1.54, 1.807) is 0 Å². The third-order valence-corrected chi connectivity index (χ3v) is 8.69. The summed E-state index contributed by atoms with van der Waals surface area (Å²) in [5.41, 5.74) is 6.06. The fourth-order valence-electron chi connectivity index (χ4n) is 3.53. The molecule has 0 spiro atoms. The first-order chi connectivity index (χ1) is 14.2. The molecule has 0 aliphatic heterocycles. The van der Waals surface area contributed by atoms with E-state index in [0.29, 0.717) is 5.39 Å². The van der Waals surface area contributed by atoms with Crippen molar-refractivity contribution in [1.82, 2.24) is 0 Å². The maximum absolute atomic E-state index is 12.1. The molecule has 13 heteroatoms. The Morgan fingerprint density at radius 3 is 1.23 bits per heavy atom. The standard InChI is InChI=1S/C16H8Cl3NO6S3.C2H6/c17-27(21,22)12-5-11(20)7-1-2-9-13(28(18,23)24)6-14(29(19,25)26)10-4-3-8(12)15(7)16(9)10;1-2/h1-6H,20H2;1-2H3. The second-order valence-electron chi connectivity index (χ2n) is 6.22. The second kappa shape index (κ2) is 7.79. The third kappa shape index (κ3) is 4.01. The van der Waals surface area contributed by atoms with Crippen LogP contribution in [0.2, 0.25) is 0 Å². The van der Waals surface area contributed by atoms with E-state index < -0.39 is 36.9 Å². The van der Waals surface area contributed by atoms with Crippen LogP contribution in [0.1, 0.15) is 13.8 Å². The van der Waals surface area contributed by atoms with Crippen molar-refractivity contribution in [2.75, 3.05) is 5.73 Å². The summed E-state index contributed by atoms with van der Waals surface area (Å²) in [5, 5.41) is 1.05. The van der Waals surface area contributed by atoms with E-state index in [1.807, 2.05) is 13.8 Å². The molecule has 4 aromatic rings. The van der Waals surface area contributed by atoms with Crippen molar-refractivity contribution in [3.63, 3.8) is 0 Å². The summed E-state index contributed by atoms with van der Waals surface area (Å²) in [6.07, 6.45) is 0. The summed E-state index contributed by atoms with van der Waals surface area (Å²) in [6, 6.07) is 7.64. The van der Waals surface area contributed by atoms with E-state index in [-0.39, 0.29) is 37.5 Å². The molecule has 0 bridgehead atoms. The average Bonchev–Trinajstić information content (AvgIpc) is 2.65. The van der Waals surface area contributed by atoms with Crippen molar-refractivity contribution in [2.24, 2.45) is 0 Å². The van der Waals surface area contributed by atoms with Gasteiger partial charge in [0.15, 0.2) is 0 Å². The third-order valence-electron chi connectivity index (χ3n) is 4.60. The SMILES string of the molecule is CC.Nc1cc(S(=O)(=O)Cl)c2ccc3c(S(=O)(=O)Cl)cc(S(=O)(=O)Cl)c4ccc1c2c43. The monoisotopic (exact) mass is 541 g/mol. The topological polar surface area (TPSA) is 128 Å². The van der Waals surface area contributed by atoms with Gasteiger partial charge in [-0.05, 0) is 12.1 Å². The zero-order valence-electron chi connectivity index (χ0n) is 15.8. The summed E-state index contributed by atoms with van der Waals surface area (Å²) in [4.78, 5) is -1.27. The number of rotatable bonds is 3. The Bertz CT molecular complexity index is 1630. The molecule has 0 saturated heterocycles. The van der Waals surface area contributed by atoms with Crippen molar-refractivity contribution in [3.8, 4) is 0 Å². The smallest absolute Gasteiger partial charge is 0.262 e. The van der Waals surface area contributed by atoms with Crippen LogP contribution >= 0.6 is 32.0 Å². The van der Waals surface area contributed by atoms with Crippen LogP contribution in [0.3, 0.4) is 0 Å². The number of hydrogen-bond acceptors (Lipinski definition) is 7. The lowest BCUT2D eigenvalue weighted by Crippen LogP contribution is -2.02. The molecule has 0 saturated carbocycles. The minimum absolute atomic E-state index is 0.0561. The number of nitrogen functional groups attached to an aromatic ring is 1. The fraction of sp³-hybridized carbons (Fsp3) is 0.111. The van der Waals surface area contributed by atoms with Gasteiger partial charge in [0.1, 0.15) is 0 Å². The van der Waals surface area contributed by atoms with Crippen LogP contribution in [0, 0.1) is 0 Å². The number of halogens is 3. The number of hydrogen-bond donors (Lipinski definition) is 1. The van der Waals surface area contributed by atoms with Gasteiger partial charge >= 0.3 is 0 Å². The molecular formula is C18H14Cl3NO6S3. The summed E-state index contributed by atoms with van der Waals surface area (Å²) < 4.78 is 72.7. The van der Waals surface area contributed by atoms with E-state index in [2.05, 4.69) is 0 Å². The van der Waals surface area contributed by atoms with E-state index >= 15 is 0 Å². The Kier molecular flexibility index (Phi) is 6.05. The highest BCUT2D eigenvalue weighted by Gasteiger charge is 2.27. The normalized spacial score (nSPS) is 12.9. The summed E-state index contributed by atoms with van der Waals surface area (Å²) in [6.45, 7) is 4.00. The summed E-state index contributed by atoms with van der Waals surface area (Å²) in [7, 11) is 3.61. The molecule has 4 rings (SSSR count). The van der Waals surface area contributed by atoms with E-state index in [9.17, 15) is 25.3 Å². The van der Waals surface area contributed by atoms with Crippen molar-refractivity contribution in [2.45, 2.75) is 28.5 Å². The maximum atomic E-state index is 12.1. The molecular weight excluding hydrogens is 529 g/mol. The van der Waals surface area contributed by atoms with Crippen LogP contribution in [0.15, 0.2) is 51.1 Å². The number of benzene rings is 4. The molecule has 2 N–H and O–H groups in total. The van der Waals surface area contributed by atoms with E-state index in [0.717, 1.165) is 6.07 Å². The minimum atomic E-state index is -4.39. The van der Waals surface area contributed by atoms with Gasteiger partial charge in [-0.15, -0.1) is 0 Å². The van der Waals surface area contributed by atoms with Gasteiger partial charge in [0.05, 0.1) is 14.7 Å². The van der Waals surface area contributed by atoms with Crippen LogP contribution < -0.4 is 5.73 Å². The summed E-state index contributed by atoms with van der Waals surface area (Å²) in [5.74, 6) is 0. The average molecular weight is 543 g/mol. The predicted octanol–water partition coefficient (Wildman–Crippen LogP) is 4.97. The second-order valence-corrected chi connectivity index (χ2v) is 13.8. The first-order valence-electron chi connectivity index (χ1n) is 8.59. The molecule has 31 heavy (non-hydrogen) atoms. The first-order valence-corrected chi connectivity index (χ1v) is 15.5. The lowest BCUT2D eigenvalue weighted by molar-refractivity contribution is 0.607. The molecule has 4 aromatic carbocycles. The van der Waals surface area contributed by atoms with E-state index in [4.69, 9.17) is 37.8 Å². The van der Waals surface area contributed by atoms with Gasteiger partial charge in [-0.3, -0.25) is 0 Å². The van der Waals surface area contributed by atoms with Crippen molar-refractivity contribution < 1.29 is 25.3 Å². The Labute approximate surface area is 192 Å². The Hall–Kier alpha value is -1.56. The van der Waals surface area contributed by atoms with Crippen molar-refractivity contribution >= 4 is 97.2 Å². The van der Waals surface area contributed by atoms with Crippen LogP contribution in [0.25, 0.3) is 32.3 Å². The lowest BCUT2D eigenvalue weighted by Gasteiger charge is -2.17. The van der Waals surface area contributed by atoms with Crippen LogP contribution in [0.4, 0.5) is 5.69 Å². The van der Waals surface area contributed by atoms with Crippen LogP contribution in [-0.2, 0) is 27.2 Å². The first kappa shape index (κ1) is 24.1. The predicted molar refractivity (Wildman–Crippen MR) is 125 cm³/mol. The molecule has 0 fully saturated rings. The summed E-state index contributed by atoms with van der Waals surface area (Å²) >= 11 is 0. The maximum Gasteiger partial charge on any atom is 0.262 e. The lowest BCUT2D eigenvalue weighted by atomic mass is 9.93. The van der Waals surface area contributed by atoms with Gasteiger partial charge in [-0.25, -0.2) is 25.3 Å². The Morgan fingerprint density at radius 2 is 0.871 bits per heavy atom. The highest BCUT2D eigenvalue weighted by molar-refractivity contribution is 8.14. The molecule has 0 aliphatic carbocycles. The van der Waals surface area contributed by atoms with Crippen LogP contribution in [0.5, 0.6) is 0 Å². The van der Waals surface area contributed by atoms with E-state index in [1.165, 1.54) is 30.3 Å². The van der Waals surface area contributed by atoms with Gasteiger partial charge < -0.3 is 5.73 Å².